The third-order valence-electron chi connectivity index (χ3n) is 4.75. The molecule has 0 bridgehead atoms. The molecule has 1 aromatic heterocycles. The van der Waals surface area contributed by atoms with E-state index in [1.165, 1.54) is 5.56 Å². The van der Waals surface area contributed by atoms with Crippen molar-refractivity contribution in [3.63, 3.8) is 0 Å². The molecular weight excluding hydrogens is 250 g/mol. The van der Waals surface area contributed by atoms with E-state index >= 15 is 0 Å². The third-order valence-corrected chi connectivity index (χ3v) is 4.75. The number of nitrogens with zero attached hydrogens (tertiary/aromatic N) is 2. The summed E-state index contributed by atoms with van der Waals surface area (Å²) < 4.78 is 5.49. The number of methoxy groups -OCH3 is 1. The SMILES string of the molecule is CCN(Cc1ccncc1)C1(CN)CCC(OC)CC1. The van der Waals surface area contributed by atoms with Crippen LogP contribution < -0.4 is 5.73 Å². The van der Waals surface area contributed by atoms with Crippen molar-refractivity contribution in [3.8, 4) is 0 Å². The Bertz CT molecular complexity index is 388. The molecule has 0 saturated heterocycles. The van der Waals surface area contributed by atoms with Crippen LogP contribution in [0.3, 0.4) is 0 Å². The Balaban J connectivity index is 2.08. The molecule has 0 aromatic carbocycles. The largest absolute Gasteiger partial charge is 0.381 e. The number of hydrogen-bond donors (Lipinski definition) is 1. The standard InChI is InChI=1S/C16H27N3O/c1-3-19(12-14-6-10-18-11-7-14)16(13-17)8-4-15(20-2)5-9-16/h6-7,10-11,15H,3-5,8-9,12-13,17H2,1-2H3. The van der Waals surface area contributed by atoms with Crippen LogP contribution in [0.5, 0.6) is 0 Å². The fourth-order valence-electron chi connectivity index (χ4n) is 3.34. The predicted molar refractivity (Wildman–Crippen MR) is 81.4 cm³/mol. The van der Waals surface area contributed by atoms with E-state index in [4.69, 9.17) is 10.5 Å². The van der Waals surface area contributed by atoms with Gasteiger partial charge in [0.15, 0.2) is 0 Å². The van der Waals surface area contributed by atoms with Crippen LogP contribution in [0, 0.1) is 0 Å². The lowest BCUT2D eigenvalue weighted by Gasteiger charge is -2.47. The highest BCUT2D eigenvalue weighted by atomic mass is 16.5. The normalized spacial score (nSPS) is 26.9. The summed E-state index contributed by atoms with van der Waals surface area (Å²) in [6, 6.07) is 4.18. The Labute approximate surface area is 122 Å². The average molecular weight is 277 g/mol. The first kappa shape index (κ1) is 15.4. The molecule has 4 nitrogen and oxygen atoms in total. The molecule has 1 fully saturated rings. The van der Waals surface area contributed by atoms with Crippen molar-refractivity contribution >= 4 is 0 Å². The summed E-state index contributed by atoms with van der Waals surface area (Å²) in [4.78, 5) is 6.63. The summed E-state index contributed by atoms with van der Waals surface area (Å²) in [6.45, 7) is 4.93. The first-order chi connectivity index (χ1) is 9.74. The highest BCUT2D eigenvalue weighted by molar-refractivity contribution is 5.11. The van der Waals surface area contributed by atoms with Crippen LogP contribution >= 0.6 is 0 Å². The van der Waals surface area contributed by atoms with Crippen molar-refractivity contribution in [1.29, 1.82) is 0 Å². The van der Waals surface area contributed by atoms with Gasteiger partial charge in [0.25, 0.3) is 0 Å². The summed E-state index contributed by atoms with van der Waals surface area (Å²) in [6.07, 6.45) is 8.61. The van der Waals surface area contributed by atoms with E-state index in [2.05, 4.69) is 28.9 Å². The van der Waals surface area contributed by atoms with Crippen molar-refractivity contribution < 1.29 is 4.74 Å². The Morgan fingerprint density at radius 1 is 1.35 bits per heavy atom. The zero-order valence-electron chi connectivity index (χ0n) is 12.7. The number of nitrogens with two attached hydrogens (primary N) is 1. The Morgan fingerprint density at radius 2 is 2.00 bits per heavy atom. The Hall–Kier alpha value is -0.970. The van der Waals surface area contributed by atoms with Crippen LogP contribution in [-0.4, -0.2) is 41.7 Å². The second-order valence-corrected chi connectivity index (χ2v) is 5.73. The van der Waals surface area contributed by atoms with Crippen molar-refractivity contribution in [2.24, 2.45) is 5.73 Å². The summed E-state index contributed by atoms with van der Waals surface area (Å²) in [5.41, 5.74) is 7.60. The highest BCUT2D eigenvalue weighted by Crippen LogP contribution is 2.35. The monoisotopic (exact) mass is 277 g/mol. The summed E-state index contributed by atoms with van der Waals surface area (Å²) in [7, 11) is 1.81. The van der Waals surface area contributed by atoms with E-state index in [1.54, 1.807) is 0 Å². The number of pyridine rings is 1. The quantitative estimate of drug-likeness (QED) is 0.866. The van der Waals surface area contributed by atoms with Crippen molar-refractivity contribution in [1.82, 2.24) is 9.88 Å². The van der Waals surface area contributed by atoms with E-state index in [-0.39, 0.29) is 5.54 Å². The van der Waals surface area contributed by atoms with E-state index in [0.29, 0.717) is 6.10 Å². The number of hydrogen-bond acceptors (Lipinski definition) is 4. The van der Waals surface area contributed by atoms with Gasteiger partial charge in [-0.1, -0.05) is 6.92 Å². The predicted octanol–water partition coefficient (Wildman–Crippen LogP) is 2.19. The van der Waals surface area contributed by atoms with Gasteiger partial charge < -0.3 is 10.5 Å². The number of likely N-dealkylation sites (N-methyl/N-ethyl adjacent to an activating group) is 1. The van der Waals surface area contributed by atoms with E-state index in [1.807, 2.05) is 19.5 Å². The van der Waals surface area contributed by atoms with Crippen LogP contribution in [0.15, 0.2) is 24.5 Å². The zero-order valence-corrected chi connectivity index (χ0v) is 12.7. The zero-order chi connectivity index (χ0) is 14.4. The molecule has 112 valence electrons. The van der Waals surface area contributed by atoms with Crippen molar-refractivity contribution in [2.45, 2.75) is 50.8 Å². The molecule has 0 atom stereocenters. The van der Waals surface area contributed by atoms with Gasteiger partial charge >= 0.3 is 0 Å². The van der Waals surface area contributed by atoms with Gasteiger partial charge in [-0.2, -0.15) is 0 Å². The first-order valence-corrected chi connectivity index (χ1v) is 7.61. The molecule has 4 heteroatoms. The van der Waals surface area contributed by atoms with E-state index in [9.17, 15) is 0 Å². The van der Waals surface area contributed by atoms with E-state index in [0.717, 1.165) is 45.3 Å². The second-order valence-electron chi connectivity index (χ2n) is 5.73. The van der Waals surface area contributed by atoms with E-state index < -0.39 is 0 Å². The lowest BCUT2D eigenvalue weighted by molar-refractivity contribution is -0.00855. The van der Waals surface area contributed by atoms with Gasteiger partial charge in [0.05, 0.1) is 6.10 Å². The topological polar surface area (TPSA) is 51.4 Å². The molecule has 2 rings (SSSR count). The first-order valence-electron chi connectivity index (χ1n) is 7.61. The van der Waals surface area contributed by atoms with Crippen LogP contribution in [0.4, 0.5) is 0 Å². The molecule has 1 saturated carbocycles. The molecule has 0 amide bonds. The van der Waals surface area contributed by atoms with Gasteiger partial charge in [-0.05, 0) is 49.9 Å². The minimum atomic E-state index is 0.132. The maximum atomic E-state index is 6.16. The van der Waals surface area contributed by atoms with Gasteiger partial charge in [0.2, 0.25) is 0 Å². The fourth-order valence-corrected chi connectivity index (χ4v) is 3.34. The maximum Gasteiger partial charge on any atom is 0.0572 e. The van der Waals surface area contributed by atoms with Crippen LogP contribution in [-0.2, 0) is 11.3 Å². The van der Waals surface area contributed by atoms with Crippen LogP contribution in [0.1, 0.15) is 38.2 Å². The van der Waals surface area contributed by atoms with Crippen molar-refractivity contribution in [2.75, 3.05) is 20.2 Å². The molecule has 2 N–H and O–H groups in total. The number of aromatic nitrogens is 1. The number of rotatable bonds is 6. The molecule has 0 spiro atoms. The van der Waals surface area contributed by atoms with Crippen LogP contribution in [0.25, 0.3) is 0 Å². The minimum absolute atomic E-state index is 0.132. The number of ether oxygens (including phenoxy) is 1. The van der Waals surface area contributed by atoms with Gasteiger partial charge in [0.1, 0.15) is 0 Å². The van der Waals surface area contributed by atoms with Gasteiger partial charge in [0, 0.05) is 38.1 Å². The summed E-state index contributed by atoms with van der Waals surface area (Å²) in [5.74, 6) is 0. The van der Waals surface area contributed by atoms with Gasteiger partial charge in [-0.25, -0.2) is 0 Å². The van der Waals surface area contributed by atoms with Gasteiger partial charge in [-0.3, -0.25) is 9.88 Å². The molecule has 0 radical (unpaired) electrons. The Kier molecular flexibility index (Phi) is 5.52. The summed E-state index contributed by atoms with van der Waals surface area (Å²) in [5, 5.41) is 0. The van der Waals surface area contributed by atoms with Crippen molar-refractivity contribution in [3.05, 3.63) is 30.1 Å². The lowest BCUT2D eigenvalue weighted by Crippen LogP contribution is -2.55. The molecule has 1 aliphatic carbocycles. The Morgan fingerprint density at radius 3 is 2.50 bits per heavy atom. The maximum absolute atomic E-state index is 6.16. The summed E-state index contributed by atoms with van der Waals surface area (Å²) >= 11 is 0. The molecule has 1 aromatic rings. The molecule has 1 heterocycles. The molecule has 1 aliphatic rings. The molecular formula is C16H27N3O. The fraction of sp³-hybridized carbons (Fsp3) is 0.688. The minimum Gasteiger partial charge on any atom is -0.381 e. The smallest absolute Gasteiger partial charge is 0.0572 e. The lowest BCUT2D eigenvalue weighted by atomic mass is 9.78. The molecule has 0 aliphatic heterocycles. The van der Waals surface area contributed by atoms with Gasteiger partial charge in [-0.15, -0.1) is 0 Å². The molecule has 20 heavy (non-hydrogen) atoms. The molecule has 0 unspecified atom stereocenters. The van der Waals surface area contributed by atoms with Crippen LogP contribution in [0.2, 0.25) is 0 Å². The second kappa shape index (κ2) is 7.16. The average Bonchev–Trinajstić information content (AvgIpc) is 2.53. The highest BCUT2D eigenvalue weighted by Gasteiger charge is 2.38. The third kappa shape index (κ3) is 3.37.